The van der Waals surface area contributed by atoms with E-state index in [0.29, 0.717) is 0 Å². The van der Waals surface area contributed by atoms with Crippen LogP contribution >= 0.6 is 0 Å². The van der Waals surface area contributed by atoms with E-state index in [-0.39, 0.29) is 0 Å². The number of fused-ring (bicyclic) bond motifs is 4. The first kappa shape index (κ1) is 18.3. The molecule has 4 fully saturated rings. The first-order chi connectivity index (χ1) is 15.8. The van der Waals surface area contributed by atoms with Gasteiger partial charge >= 0.3 is 0 Å². The van der Waals surface area contributed by atoms with E-state index in [9.17, 15) is 0 Å². The van der Waals surface area contributed by atoms with Gasteiger partial charge in [-0.25, -0.2) is 0 Å². The highest BCUT2D eigenvalue weighted by atomic mass is 15.0. The Balaban J connectivity index is 1.15. The Morgan fingerprint density at radius 2 is 1.81 bits per heavy atom. The second-order valence-corrected chi connectivity index (χ2v) is 12.0. The van der Waals surface area contributed by atoms with Crippen molar-refractivity contribution in [1.82, 2.24) is 9.55 Å². The number of aromatic nitrogens is 2. The smallest absolute Gasteiger partial charge is 0.0567 e. The Morgan fingerprint density at radius 1 is 0.969 bits per heavy atom. The summed E-state index contributed by atoms with van der Waals surface area (Å²) in [6.45, 7) is 0. The summed E-state index contributed by atoms with van der Waals surface area (Å²) < 4.78 is 2.64. The number of allylic oxidation sites excluding steroid dienone is 6. The second-order valence-electron chi connectivity index (χ2n) is 12.0. The minimum Gasteiger partial charge on any atom is -0.312 e. The van der Waals surface area contributed by atoms with E-state index in [0.717, 1.165) is 48.3 Å². The van der Waals surface area contributed by atoms with Crippen molar-refractivity contribution >= 4 is 22.2 Å². The average molecular weight is 423 g/mol. The molecule has 4 saturated carbocycles. The third-order valence-corrected chi connectivity index (χ3v) is 10.3. The molecule has 1 aliphatic heterocycles. The van der Waals surface area contributed by atoms with E-state index in [1.165, 1.54) is 53.4 Å². The lowest BCUT2D eigenvalue weighted by Crippen LogP contribution is -2.45. The average Bonchev–Trinajstić information content (AvgIpc) is 3.05. The van der Waals surface area contributed by atoms with Crippen molar-refractivity contribution < 1.29 is 0 Å². The highest BCUT2D eigenvalue weighted by molar-refractivity contribution is 5.96. The first-order valence-electron chi connectivity index (χ1n) is 13.4. The van der Waals surface area contributed by atoms with Crippen molar-refractivity contribution in [3.63, 3.8) is 0 Å². The zero-order chi connectivity index (χ0) is 20.8. The van der Waals surface area contributed by atoms with Crippen molar-refractivity contribution in [2.75, 3.05) is 0 Å². The summed E-state index contributed by atoms with van der Waals surface area (Å²) in [5.41, 5.74) is 9.03. The van der Waals surface area contributed by atoms with Gasteiger partial charge in [0.2, 0.25) is 0 Å². The summed E-state index contributed by atoms with van der Waals surface area (Å²) in [6, 6.07) is 2.25. The van der Waals surface area contributed by atoms with Crippen molar-refractivity contribution in [3.05, 3.63) is 53.5 Å². The van der Waals surface area contributed by atoms with Crippen LogP contribution in [0.5, 0.6) is 0 Å². The molecular weight excluding hydrogens is 388 g/mol. The number of aryl methyl sites for hydroxylation is 1. The molecule has 164 valence electrons. The molecule has 4 bridgehead atoms. The third-order valence-electron chi connectivity index (χ3n) is 10.3. The van der Waals surface area contributed by atoms with Gasteiger partial charge in [0.1, 0.15) is 0 Å². The van der Waals surface area contributed by atoms with Crippen LogP contribution in [0, 0.1) is 35.5 Å². The maximum atomic E-state index is 4.49. The molecule has 0 amide bonds. The SMILES string of the molecule is C1=CC2=C(CCC(CC3C4CC5CC(C4)CC3C5)C2)n2c3c(c4cnccc42)CCC=C13. The summed E-state index contributed by atoms with van der Waals surface area (Å²) in [4.78, 5) is 4.49. The Morgan fingerprint density at radius 3 is 2.66 bits per heavy atom. The molecule has 2 heteroatoms. The van der Waals surface area contributed by atoms with E-state index in [1.807, 2.05) is 6.20 Å². The molecule has 0 aromatic carbocycles. The van der Waals surface area contributed by atoms with Gasteiger partial charge in [0, 0.05) is 23.5 Å². The fourth-order valence-electron chi connectivity index (χ4n) is 9.30. The minimum absolute atomic E-state index is 0.892. The highest BCUT2D eigenvalue weighted by Gasteiger charge is 2.48. The molecule has 7 aliphatic rings. The molecule has 2 nitrogen and oxygen atoms in total. The summed E-state index contributed by atoms with van der Waals surface area (Å²) in [7, 11) is 0. The van der Waals surface area contributed by atoms with Crippen LogP contribution in [0.3, 0.4) is 0 Å². The molecule has 0 radical (unpaired) electrons. The maximum absolute atomic E-state index is 4.49. The fourth-order valence-corrected chi connectivity index (χ4v) is 9.30. The van der Waals surface area contributed by atoms with Crippen molar-refractivity contribution in [2.24, 2.45) is 35.5 Å². The van der Waals surface area contributed by atoms with Crippen LogP contribution < -0.4 is 0 Å². The zero-order valence-electron chi connectivity index (χ0n) is 19.1. The molecule has 2 aromatic rings. The van der Waals surface area contributed by atoms with E-state index in [1.54, 1.807) is 43.4 Å². The lowest BCUT2D eigenvalue weighted by Gasteiger charge is -2.55. The van der Waals surface area contributed by atoms with Gasteiger partial charge in [-0.05, 0) is 129 Å². The molecule has 1 unspecified atom stereocenters. The predicted molar refractivity (Wildman–Crippen MR) is 131 cm³/mol. The van der Waals surface area contributed by atoms with Crippen LogP contribution in [-0.4, -0.2) is 9.55 Å². The maximum Gasteiger partial charge on any atom is 0.0567 e. The van der Waals surface area contributed by atoms with E-state index >= 15 is 0 Å². The number of nitrogens with zero attached hydrogens (tertiary/aromatic N) is 2. The molecule has 1 atom stereocenters. The van der Waals surface area contributed by atoms with E-state index in [4.69, 9.17) is 0 Å². The Labute approximate surface area is 191 Å². The van der Waals surface area contributed by atoms with Crippen LogP contribution in [0.1, 0.15) is 75.5 Å². The largest absolute Gasteiger partial charge is 0.312 e. The van der Waals surface area contributed by atoms with Gasteiger partial charge in [-0.1, -0.05) is 18.2 Å². The van der Waals surface area contributed by atoms with Gasteiger partial charge in [-0.3, -0.25) is 4.98 Å². The lowest BCUT2D eigenvalue weighted by atomic mass is 9.50. The molecule has 2 aromatic heterocycles. The van der Waals surface area contributed by atoms with Gasteiger partial charge in [-0.15, -0.1) is 0 Å². The topological polar surface area (TPSA) is 17.8 Å². The zero-order valence-corrected chi connectivity index (χ0v) is 19.1. The molecule has 9 rings (SSSR count). The monoisotopic (exact) mass is 422 g/mol. The van der Waals surface area contributed by atoms with Crippen LogP contribution in [0.25, 0.3) is 22.2 Å². The number of pyridine rings is 1. The number of rotatable bonds is 2. The van der Waals surface area contributed by atoms with Crippen LogP contribution in [-0.2, 0) is 6.42 Å². The molecule has 0 N–H and O–H groups in total. The van der Waals surface area contributed by atoms with Crippen LogP contribution in [0.4, 0.5) is 0 Å². The van der Waals surface area contributed by atoms with E-state index in [2.05, 4.69) is 40.0 Å². The normalized spacial score (nSPS) is 36.8. The van der Waals surface area contributed by atoms with Gasteiger partial charge in [-0.2, -0.15) is 0 Å². The third kappa shape index (κ3) is 2.56. The lowest BCUT2D eigenvalue weighted by molar-refractivity contribution is -0.0461. The summed E-state index contributed by atoms with van der Waals surface area (Å²) >= 11 is 0. The summed E-state index contributed by atoms with van der Waals surface area (Å²) in [5, 5.41) is 1.38. The quantitative estimate of drug-likeness (QED) is 0.493. The van der Waals surface area contributed by atoms with Crippen molar-refractivity contribution in [1.29, 1.82) is 0 Å². The minimum atomic E-state index is 0.892. The molecular formula is C30H34N2. The van der Waals surface area contributed by atoms with Crippen molar-refractivity contribution in [3.8, 4) is 0 Å². The standard InChI is InChI=1S/C30H34N2/c1-2-21-5-6-22-11-18(16-26-23-12-19-10-20(14-23)15-24(26)13-19)4-7-28(22)32-29-8-9-31-17-27(29)25(3-1)30(21)32/h2,5-6,8-9,17-20,23-24,26H,1,3-4,7,10-16H2. The molecule has 3 heterocycles. The summed E-state index contributed by atoms with van der Waals surface area (Å²) in [5.74, 6) is 6.28. The second kappa shape index (κ2) is 6.72. The Kier molecular flexibility index (Phi) is 3.85. The molecule has 0 saturated heterocycles. The molecule has 6 aliphatic carbocycles. The number of hydrogen-bond acceptors (Lipinski definition) is 1. The predicted octanol–water partition coefficient (Wildman–Crippen LogP) is 7.41. The Bertz CT molecular complexity index is 1180. The number of hydrogen-bond donors (Lipinski definition) is 0. The van der Waals surface area contributed by atoms with Gasteiger partial charge in [0.15, 0.2) is 0 Å². The van der Waals surface area contributed by atoms with Crippen LogP contribution in [0.15, 0.2) is 42.3 Å². The fraction of sp³-hybridized carbons (Fsp3) is 0.567. The highest BCUT2D eigenvalue weighted by Crippen LogP contribution is 2.58. The summed E-state index contributed by atoms with van der Waals surface area (Å²) in [6.07, 6.45) is 27.1. The van der Waals surface area contributed by atoms with Gasteiger partial charge < -0.3 is 4.57 Å². The molecule has 0 spiro atoms. The first-order valence-corrected chi connectivity index (χ1v) is 13.4. The van der Waals surface area contributed by atoms with Crippen LogP contribution in [0.2, 0.25) is 0 Å². The molecule has 32 heavy (non-hydrogen) atoms. The Hall–Kier alpha value is -2.09. The van der Waals surface area contributed by atoms with Gasteiger partial charge in [0.25, 0.3) is 0 Å². The van der Waals surface area contributed by atoms with Crippen molar-refractivity contribution in [2.45, 2.75) is 70.6 Å². The van der Waals surface area contributed by atoms with E-state index < -0.39 is 0 Å². The van der Waals surface area contributed by atoms with Gasteiger partial charge in [0.05, 0.1) is 11.2 Å².